The second kappa shape index (κ2) is 7.55. The number of hydrogen-bond acceptors (Lipinski definition) is 5. The smallest absolute Gasteiger partial charge is 0.273 e. The van der Waals surface area contributed by atoms with Crippen molar-refractivity contribution in [2.45, 2.75) is 19.3 Å². The summed E-state index contributed by atoms with van der Waals surface area (Å²) in [6.07, 6.45) is 1.77. The fourth-order valence-corrected chi connectivity index (χ4v) is 2.45. The van der Waals surface area contributed by atoms with Crippen molar-refractivity contribution in [2.75, 3.05) is 12.4 Å². The number of unbranched alkanes of at least 4 members (excludes halogenated alkanes) is 2. The van der Waals surface area contributed by atoms with Gasteiger partial charge in [-0.1, -0.05) is 0 Å². The van der Waals surface area contributed by atoms with E-state index in [2.05, 4.69) is 15.9 Å². The van der Waals surface area contributed by atoms with E-state index in [-0.39, 0.29) is 11.4 Å². The van der Waals surface area contributed by atoms with Gasteiger partial charge in [-0.15, -0.1) is 0 Å². The van der Waals surface area contributed by atoms with Crippen LogP contribution in [0.5, 0.6) is 5.75 Å². The van der Waals surface area contributed by atoms with Gasteiger partial charge >= 0.3 is 0 Å². The summed E-state index contributed by atoms with van der Waals surface area (Å²) in [7, 11) is -3.41. The number of nitro groups is 1. The Kier molecular flexibility index (Phi) is 6.37. The molecule has 0 saturated carbocycles. The maximum atomic E-state index is 10.7. The molecule has 7 nitrogen and oxygen atoms in total. The number of non-ortho nitro benzene ring substituents is 1. The van der Waals surface area contributed by atoms with E-state index in [9.17, 15) is 18.5 Å². The largest absolute Gasteiger partial charge is 0.492 e. The first-order valence-electron chi connectivity index (χ1n) is 5.87. The zero-order chi connectivity index (χ0) is 15.2. The molecule has 1 rings (SSSR count). The number of hydrogen-bond donors (Lipinski definition) is 1. The Morgan fingerprint density at radius 1 is 1.30 bits per heavy atom. The molecule has 0 aliphatic rings. The maximum Gasteiger partial charge on any atom is 0.273 e. The first kappa shape index (κ1) is 16.9. The first-order chi connectivity index (χ1) is 9.29. The van der Waals surface area contributed by atoms with Crippen LogP contribution < -0.4 is 9.88 Å². The topological polar surface area (TPSA) is 113 Å². The molecule has 0 fully saturated rings. The maximum absolute atomic E-state index is 10.7. The van der Waals surface area contributed by atoms with Gasteiger partial charge in [0.05, 0.1) is 27.8 Å². The molecule has 112 valence electrons. The Morgan fingerprint density at radius 2 is 2.00 bits per heavy atom. The molecule has 20 heavy (non-hydrogen) atoms. The molecular weight excluding hydrogens is 352 g/mol. The number of primary sulfonamides is 1. The molecule has 0 heterocycles. The zero-order valence-corrected chi connectivity index (χ0v) is 13.0. The Bertz CT molecular complexity index is 576. The van der Waals surface area contributed by atoms with Gasteiger partial charge in [0.25, 0.3) is 5.69 Å². The van der Waals surface area contributed by atoms with Crippen LogP contribution in [0.3, 0.4) is 0 Å². The van der Waals surface area contributed by atoms with Crippen LogP contribution in [0.25, 0.3) is 0 Å². The molecule has 2 N–H and O–H groups in total. The highest BCUT2D eigenvalue weighted by Crippen LogP contribution is 2.29. The van der Waals surface area contributed by atoms with Gasteiger partial charge in [0.15, 0.2) is 0 Å². The molecule has 0 spiro atoms. The molecule has 0 saturated heterocycles. The van der Waals surface area contributed by atoms with Crippen molar-refractivity contribution in [3.8, 4) is 5.75 Å². The summed E-state index contributed by atoms with van der Waals surface area (Å²) in [6.45, 7) is 0.352. The molecule has 0 unspecified atom stereocenters. The van der Waals surface area contributed by atoms with E-state index >= 15 is 0 Å². The lowest BCUT2D eigenvalue weighted by molar-refractivity contribution is -0.385. The molecule has 0 aliphatic carbocycles. The van der Waals surface area contributed by atoms with Crippen LogP contribution >= 0.6 is 15.9 Å². The van der Waals surface area contributed by atoms with Gasteiger partial charge in [-0.2, -0.15) is 0 Å². The highest BCUT2D eigenvalue weighted by atomic mass is 79.9. The highest BCUT2D eigenvalue weighted by Gasteiger charge is 2.10. The summed E-state index contributed by atoms with van der Waals surface area (Å²) in [6, 6.07) is 4.27. The normalized spacial score (nSPS) is 11.3. The third kappa shape index (κ3) is 6.31. The lowest BCUT2D eigenvalue weighted by Gasteiger charge is -2.07. The van der Waals surface area contributed by atoms with Crippen LogP contribution in [0.2, 0.25) is 0 Å². The molecule has 9 heteroatoms. The number of sulfonamides is 1. The van der Waals surface area contributed by atoms with Gasteiger partial charge in [-0.05, 0) is 41.3 Å². The molecule has 0 radical (unpaired) electrons. The monoisotopic (exact) mass is 366 g/mol. The zero-order valence-electron chi connectivity index (χ0n) is 10.6. The first-order valence-corrected chi connectivity index (χ1v) is 8.37. The molecule has 0 atom stereocenters. The molecule has 0 aliphatic heterocycles. The number of nitrogens with zero attached hydrogens (tertiary/aromatic N) is 1. The molecule has 1 aromatic rings. The molecule has 0 amide bonds. The summed E-state index contributed by atoms with van der Waals surface area (Å²) < 4.78 is 27.5. The van der Waals surface area contributed by atoms with Crippen molar-refractivity contribution in [1.82, 2.24) is 0 Å². The van der Waals surface area contributed by atoms with Gasteiger partial charge in [0.1, 0.15) is 5.75 Å². The number of rotatable bonds is 8. The summed E-state index contributed by atoms with van der Waals surface area (Å²) >= 11 is 3.25. The minimum atomic E-state index is -3.41. The van der Waals surface area contributed by atoms with Crippen molar-refractivity contribution in [3.63, 3.8) is 0 Å². The van der Waals surface area contributed by atoms with Gasteiger partial charge in [-0.3, -0.25) is 10.1 Å². The van der Waals surface area contributed by atoms with E-state index in [1.807, 2.05) is 0 Å². The Hall–Kier alpha value is -1.19. The van der Waals surface area contributed by atoms with E-state index in [0.29, 0.717) is 36.1 Å². The summed E-state index contributed by atoms with van der Waals surface area (Å²) in [5, 5.41) is 15.5. The number of benzene rings is 1. The summed E-state index contributed by atoms with van der Waals surface area (Å²) in [4.78, 5) is 10.1. The quantitative estimate of drug-likeness (QED) is 0.430. The van der Waals surface area contributed by atoms with Crippen molar-refractivity contribution in [3.05, 3.63) is 32.8 Å². The molecule has 1 aromatic carbocycles. The van der Waals surface area contributed by atoms with Gasteiger partial charge in [0, 0.05) is 6.07 Å². The Balaban J connectivity index is 2.38. The van der Waals surface area contributed by atoms with Gasteiger partial charge < -0.3 is 4.74 Å². The average Bonchev–Trinajstić information content (AvgIpc) is 2.34. The fourth-order valence-electron chi connectivity index (χ4n) is 1.48. The number of nitro benzene ring substituents is 1. The third-order valence-electron chi connectivity index (χ3n) is 2.46. The van der Waals surface area contributed by atoms with E-state index < -0.39 is 14.9 Å². The van der Waals surface area contributed by atoms with E-state index in [1.54, 1.807) is 6.07 Å². The minimum Gasteiger partial charge on any atom is -0.492 e. The lowest BCUT2D eigenvalue weighted by Crippen LogP contribution is -2.16. The predicted molar refractivity (Wildman–Crippen MR) is 78.1 cm³/mol. The number of ether oxygens (including phenoxy) is 1. The molecular formula is C11H15BrN2O5S. The molecule has 0 aromatic heterocycles. The fraction of sp³-hybridized carbons (Fsp3) is 0.455. The van der Waals surface area contributed by atoms with E-state index in [4.69, 9.17) is 9.88 Å². The van der Waals surface area contributed by atoms with Gasteiger partial charge in [0.2, 0.25) is 10.0 Å². The van der Waals surface area contributed by atoms with Crippen LogP contribution in [0, 0.1) is 10.1 Å². The van der Waals surface area contributed by atoms with E-state index in [0.717, 1.165) is 0 Å². The average molecular weight is 367 g/mol. The summed E-state index contributed by atoms with van der Waals surface area (Å²) in [5.74, 6) is 0.346. The van der Waals surface area contributed by atoms with Crippen LogP contribution in [-0.2, 0) is 10.0 Å². The number of nitrogens with two attached hydrogens (primary N) is 1. The number of halogens is 1. The van der Waals surface area contributed by atoms with Crippen molar-refractivity contribution in [2.24, 2.45) is 5.14 Å². The van der Waals surface area contributed by atoms with Crippen LogP contribution in [0.15, 0.2) is 22.7 Å². The van der Waals surface area contributed by atoms with Crippen molar-refractivity contribution < 1.29 is 18.1 Å². The van der Waals surface area contributed by atoms with Crippen LogP contribution in [0.1, 0.15) is 19.3 Å². The van der Waals surface area contributed by atoms with Crippen molar-refractivity contribution >= 4 is 31.6 Å². The predicted octanol–water partition coefficient (Wildman–Crippen LogP) is 2.19. The Morgan fingerprint density at radius 3 is 2.60 bits per heavy atom. The Labute approximate surface area is 125 Å². The minimum absolute atomic E-state index is 0.0441. The van der Waals surface area contributed by atoms with Gasteiger partial charge in [-0.25, -0.2) is 13.6 Å². The second-order valence-electron chi connectivity index (χ2n) is 4.15. The van der Waals surface area contributed by atoms with Crippen LogP contribution in [-0.4, -0.2) is 25.7 Å². The second-order valence-corrected chi connectivity index (χ2v) is 6.74. The highest BCUT2D eigenvalue weighted by molar-refractivity contribution is 9.10. The van der Waals surface area contributed by atoms with Crippen LogP contribution in [0.4, 0.5) is 5.69 Å². The summed E-state index contributed by atoms with van der Waals surface area (Å²) in [5.41, 5.74) is -0.0441. The lowest BCUT2D eigenvalue weighted by atomic mass is 10.2. The third-order valence-corrected chi connectivity index (χ3v) is 3.97. The van der Waals surface area contributed by atoms with Crippen molar-refractivity contribution in [1.29, 1.82) is 0 Å². The van der Waals surface area contributed by atoms with E-state index in [1.165, 1.54) is 12.1 Å². The standard InChI is InChI=1S/C11H15BrN2O5S/c12-10-5-4-9(14(15)16)8-11(10)19-6-2-1-3-7-20(13,17)18/h4-5,8H,1-3,6-7H2,(H2,13,17,18). The SMILES string of the molecule is NS(=O)(=O)CCCCCOc1cc([N+](=O)[O-])ccc1Br. The molecule has 0 bridgehead atoms.